The lowest BCUT2D eigenvalue weighted by Gasteiger charge is -2.40. The molecule has 0 aromatic carbocycles. The zero-order chi connectivity index (χ0) is 58.0. The van der Waals surface area contributed by atoms with Crippen LogP contribution in [-0.2, 0) is 23.8 Å². The van der Waals surface area contributed by atoms with E-state index in [1.807, 2.05) is 6.08 Å². The minimum absolute atomic E-state index is 0.0135. The van der Waals surface area contributed by atoms with Crippen molar-refractivity contribution < 1.29 is 49.3 Å². The zero-order valence-electron chi connectivity index (χ0n) is 51.3. The number of allylic oxidation sites excluding steroid dienone is 11. The molecule has 464 valence electrons. The predicted molar refractivity (Wildman–Crippen MR) is 333 cm³/mol. The van der Waals surface area contributed by atoms with Gasteiger partial charge >= 0.3 is 5.97 Å². The second kappa shape index (κ2) is 57.9. The second-order valence-corrected chi connectivity index (χ2v) is 22.8. The van der Waals surface area contributed by atoms with Gasteiger partial charge in [0.15, 0.2) is 6.29 Å². The summed E-state index contributed by atoms with van der Waals surface area (Å²) in [5.41, 5.74) is 0. The van der Waals surface area contributed by atoms with E-state index in [0.29, 0.717) is 19.4 Å². The lowest BCUT2D eigenvalue weighted by molar-refractivity contribution is -0.302. The normalized spacial score (nSPS) is 18.8. The van der Waals surface area contributed by atoms with Crippen molar-refractivity contribution in [3.63, 3.8) is 0 Å². The van der Waals surface area contributed by atoms with Crippen LogP contribution in [0.3, 0.4) is 0 Å². The molecule has 1 aliphatic heterocycles. The number of hydrogen-bond acceptors (Lipinski definition) is 10. The summed E-state index contributed by atoms with van der Waals surface area (Å²) >= 11 is 0. The largest absolute Gasteiger partial charge is 0.466 e. The fraction of sp³-hybridized carbons (Fsp3) is 0.797. The van der Waals surface area contributed by atoms with Crippen LogP contribution in [0.4, 0.5) is 0 Å². The van der Waals surface area contributed by atoms with Crippen molar-refractivity contribution in [2.45, 2.75) is 333 Å². The second-order valence-electron chi connectivity index (χ2n) is 22.8. The minimum Gasteiger partial charge on any atom is -0.466 e. The fourth-order valence-corrected chi connectivity index (χ4v) is 9.98. The molecule has 1 aliphatic rings. The summed E-state index contributed by atoms with van der Waals surface area (Å²) in [6.45, 7) is 4.25. The SMILES string of the molecule is CCCCC/C=C/CC/C=C/C(O)C(COC1OC(CO)C(O)C(O)C1O)NC(=O)CCCCCCCCCCCCC/C=C\C/C=C\CCCCCCCCCCCOC(=O)CCCCCCC/C=C\C/C=C\CCCCCC. The molecule has 0 saturated carbocycles. The van der Waals surface area contributed by atoms with Gasteiger partial charge in [-0.15, -0.1) is 0 Å². The highest BCUT2D eigenvalue weighted by molar-refractivity contribution is 5.76. The first-order valence-corrected chi connectivity index (χ1v) is 33.2. The molecule has 0 spiro atoms. The van der Waals surface area contributed by atoms with Crippen molar-refractivity contribution in [3.05, 3.63) is 72.9 Å². The van der Waals surface area contributed by atoms with E-state index >= 15 is 0 Å². The third-order valence-corrected chi connectivity index (χ3v) is 15.3. The van der Waals surface area contributed by atoms with Crippen LogP contribution >= 0.6 is 0 Å². The number of aliphatic hydroxyl groups is 5. The monoisotopic (exact) mass is 1130 g/mol. The van der Waals surface area contributed by atoms with Gasteiger partial charge in [0.25, 0.3) is 0 Å². The molecule has 7 atom stereocenters. The van der Waals surface area contributed by atoms with Gasteiger partial charge in [-0.2, -0.15) is 0 Å². The maximum Gasteiger partial charge on any atom is 0.305 e. The Labute approximate surface area is 490 Å². The molecule has 0 aromatic heterocycles. The number of amides is 1. The summed E-state index contributed by atoms with van der Waals surface area (Å²) in [6.07, 6.45) is 67.5. The van der Waals surface area contributed by atoms with Crippen molar-refractivity contribution in [1.82, 2.24) is 5.32 Å². The number of nitrogens with one attached hydrogen (secondary N) is 1. The summed E-state index contributed by atoms with van der Waals surface area (Å²) in [5, 5.41) is 54.2. The van der Waals surface area contributed by atoms with Gasteiger partial charge in [0.2, 0.25) is 5.91 Å². The Morgan fingerprint density at radius 3 is 1.34 bits per heavy atom. The molecule has 6 N–H and O–H groups in total. The molecule has 7 unspecified atom stereocenters. The van der Waals surface area contributed by atoms with Crippen LogP contribution < -0.4 is 5.32 Å². The number of hydrogen-bond donors (Lipinski definition) is 6. The lowest BCUT2D eigenvalue weighted by Crippen LogP contribution is -2.60. The van der Waals surface area contributed by atoms with E-state index < -0.39 is 49.5 Å². The van der Waals surface area contributed by atoms with Crippen LogP contribution in [-0.4, -0.2) is 100 Å². The first-order valence-electron chi connectivity index (χ1n) is 33.2. The van der Waals surface area contributed by atoms with Crippen LogP contribution in [0.1, 0.15) is 290 Å². The van der Waals surface area contributed by atoms with Gasteiger partial charge in [-0.3, -0.25) is 9.59 Å². The highest BCUT2D eigenvalue weighted by Gasteiger charge is 2.44. The summed E-state index contributed by atoms with van der Waals surface area (Å²) < 4.78 is 16.7. The maximum atomic E-state index is 13.0. The minimum atomic E-state index is -1.58. The molecule has 1 amide bonds. The Bertz CT molecular complexity index is 1560. The van der Waals surface area contributed by atoms with Gasteiger partial charge in [0, 0.05) is 12.8 Å². The first kappa shape index (κ1) is 75.1. The van der Waals surface area contributed by atoms with Gasteiger partial charge in [-0.1, -0.05) is 241 Å². The summed E-state index contributed by atoms with van der Waals surface area (Å²) in [5.74, 6) is -0.212. The number of carbonyl (C=O) groups is 2. The van der Waals surface area contributed by atoms with Crippen LogP contribution in [0.25, 0.3) is 0 Å². The van der Waals surface area contributed by atoms with Gasteiger partial charge in [-0.25, -0.2) is 0 Å². The Kier molecular flexibility index (Phi) is 54.4. The maximum absolute atomic E-state index is 13.0. The smallest absolute Gasteiger partial charge is 0.305 e. The molecule has 1 rings (SSSR count). The van der Waals surface area contributed by atoms with Crippen molar-refractivity contribution in [2.75, 3.05) is 19.8 Å². The molecule has 80 heavy (non-hydrogen) atoms. The summed E-state index contributed by atoms with van der Waals surface area (Å²) in [6, 6.07) is -0.830. The van der Waals surface area contributed by atoms with Crippen LogP contribution in [0.15, 0.2) is 72.9 Å². The van der Waals surface area contributed by atoms with Crippen LogP contribution in [0, 0.1) is 0 Å². The van der Waals surface area contributed by atoms with Crippen molar-refractivity contribution >= 4 is 11.9 Å². The van der Waals surface area contributed by atoms with Crippen molar-refractivity contribution in [3.8, 4) is 0 Å². The molecule has 0 aromatic rings. The van der Waals surface area contributed by atoms with E-state index in [-0.39, 0.29) is 18.5 Å². The Morgan fingerprint density at radius 2 is 0.850 bits per heavy atom. The molecule has 11 heteroatoms. The number of unbranched alkanes of at least 4 members (excludes halogenated alkanes) is 33. The van der Waals surface area contributed by atoms with E-state index in [1.165, 1.54) is 180 Å². The van der Waals surface area contributed by atoms with Gasteiger partial charge in [-0.05, 0) is 109 Å². The molecule has 1 heterocycles. The Morgan fingerprint density at radius 1 is 0.463 bits per heavy atom. The van der Waals surface area contributed by atoms with E-state index in [0.717, 1.165) is 83.5 Å². The van der Waals surface area contributed by atoms with E-state index in [4.69, 9.17) is 14.2 Å². The lowest BCUT2D eigenvalue weighted by atomic mass is 9.99. The molecule has 11 nitrogen and oxygen atoms in total. The number of carbonyl (C=O) groups excluding carboxylic acids is 2. The number of aliphatic hydroxyl groups excluding tert-OH is 5. The fourth-order valence-electron chi connectivity index (χ4n) is 9.98. The third-order valence-electron chi connectivity index (χ3n) is 15.3. The average Bonchev–Trinajstić information content (AvgIpc) is 3.46. The Balaban J connectivity index is 1.97. The van der Waals surface area contributed by atoms with E-state index in [9.17, 15) is 35.1 Å². The zero-order valence-corrected chi connectivity index (χ0v) is 51.3. The highest BCUT2D eigenvalue weighted by Crippen LogP contribution is 2.23. The van der Waals surface area contributed by atoms with Crippen LogP contribution in [0.2, 0.25) is 0 Å². The van der Waals surface area contributed by atoms with Gasteiger partial charge in [0.05, 0.1) is 32.0 Å². The molecule has 1 saturated heterocycles. The van der Waals surface area contributed by atoms with Gasteiger partial charge < -0.3 is 45.1 Å². The predicted octanol–water partition coefficient (Wildman–Crippen LogP) is 16.3. The van der Waals surface area contributed by atoms with Crippen molar-refractivity contribution in [1.29, 1.82) is 0 Å². The number of rotatable bonds is 57. The number of esters is 1. The van der Waals surface area contributed by atoms with Crippen molar-refractivity contribution in [2.24, 2.45) is 0 Å². The van der Waals surface area contributed by atoms with Crippen LogP contribution in [0.5, 0.6) is 0 Å². The summed E-state index contributed by atoms with van der Waals surface area (Å²) in [4.78, 5) is 25.1. The van der Waals surface area contributed by atoms with Gasteiger partial charge in [0.1, 0.15) is 24.4 Å². The summed E-state index contributed by atoms with van der Waals surface area (Å²) in [7, 11) is 0. The quantitative estimate of drug-likeness (QED) is 0.0195. The Hall–Kier alpha value is -2.90. The van der Waals surface area contributed by atoms with E-state index in [1.54, 1.807) is 6.08 Å². The average molecular weight is 1130 g/mol. The standard InChI is InChI=1S/C69H123NO10/c1-3-5-7-9-11-13-14-15-16-31-34-37-41-45-49-53-57-65(74)78-58-54-50-46-42-38-35-32-29-27-25-23-21-19-17-18-20-22-24-26-28-30-33-36-40-44-48-52-56-64(73)70-61(62(72)55-51-47-43-39-12-10-8-6-4-2)60-79-69-68(77)67(76)66(75)63(59-71)80-69/h12-14,16-18,21,23,31,39,51,55,61-63,66-69,71-72,75-77H,3-11,15,19-20,22,24-30,32-38,40-50,52-54,56-60H2,1-2H3,(H,70,73)/b14-13-,18-17-,23-21-,31-16-,39-12+,55-51+. The topological polar surface area (TPSA) is 175 Å². The van der Waals surface area contributed by atoms with E-state index in [2.05, 4.69) is 79.9 Å². The first-order chi connectivity index (χ1) is 39.2. The molecular weight excluding hydrogens is 1000 g/mol. The molecule has 0 aliphatic carbocycles. The molecule has 0 radical (unpaired) electrons. The molecular formula is C69H123NO10. The molecule has 1 fully saturated rings. The highest BCUT2D eigenvalue weighted by atomic mass is 16.7. The molecule has 0 bridgehead atoms. The number of ether oxygens (including phenoxy) is 3. The third kappa shape index (κ3) is 46.6.